The summed E-state index contributed by atoms with van der Waals surface area (Å²) in [5.41, 5.74) is 7.84. The Balaban J connectivity index is 1.95. The summed E-state index contributed by atoms with van der Waals surface area (Å²) >= 11 is 6.14. The lowest BCUT2D eigenvalue weighted by molar-refractivity contribution is 0.413. The molecule has 1 aliphatic rings. The number of piperidine rings is 1. The third-order valence-corrected chi connectivity index (χ3v) is 4.91. The zero-order valence-corrected chi connectivity index (χ0v) is 15.1. The van der Waals surface area contributed by atoms with E-state index in [0.717, 1.165) is 55.4 Å². The van der Waals surface area contributed by atoms with Gasteiger partial charge in [-0.25, -0.2) is 9.97 Å². The molecular weight excluding hydrogens is 320 g/mol. The molecule has 0 unspecified atom stereocenters. The maximum Gasteiger partial charge on any atom is 0.161 e. The molecule has 1 aromatic heterocycles. The van der Waals surface area contributed by atoms with Crippen molar-refractivity contribution in [3.05, 3.63) is 41.0 Å². The van der Waals surface area contributed by atoms with E-state index in [9.17, 15) is 0 Å². The van der Waals surface area contributed by atoms with Crippen LogP contribution >= 0.6 is 11.6 Å². The first kappa shape index (κ1) is 17.2. The van der Waals surface area contributed by atoms with Crippen molar-refractivity contribution in [2.45, 2.75) is 32.6 Å². The van der Waals surface area contributed by atoms with Gasteiger partial charge in [-0.3, -0.25) is 0 Å². The summed E-state index contributed by atoms with van der Waals surface area (Å²) in [6, 6.07) is 9.87. The van der Waals surface area contributed by atoms with E-state index < -0.39 is 0 Å². The Hall–Kier alpha value is -1.65. The van der Waals surface area contributed by atoms with Gasteiger partial charge in [-0.05, 0) is 43.4 Å². The van der Waals surface area contributed by atoms with E-state index in [1.54, 1.807) is 0 Å². The summed E-state index contributed by atoms with van der Waals surface area (Å²) in [5.74, 6) is 2.75. The summed E-state index contributed by atoms with van der Waals surface area (Å²) in [5, 5.41) is 0.705. The molecule has 2 heterocycles. The van der Waals surface area contributed by atoms with Crippen LogP contribution in [0.15, 0.2) is 30.3 Å². The quantitative estimate of drug-likeness (QED) is 0.907. The van der Waals surface area contributed by atoms with Gasteiger partial charge < -0.3 is 10.6 Å². The van der Waals surface area contributed by atoms with Crippen molar-refractivity contribution in [2.75, 3.05) is 24.5 Å². The highest BCUT2D eigenvalue weighted by atomic mass is 35.5. The molecule has 0 radical (unpaired) electrons. The number of hydrogen-bond acceptors (Lipinski definition) is 4. The zero-order chi connectivity index (χ0) is 17.1. The Kier molecular flexibility index (Phi) is 5.36. The summed E-state index contributed by atoms with van der Waals surface area (Å²) in [6.45, 7) is 7.11. The SMILES string of the molecule is CC(C)c1cc(N2CCC(CN)CC2)nc(-c2cccc(Cl)c2)n1. The van der Waals surface area contributed by atoms with E-state index in [4.69, 9.17) is 27.3 Å². The highest BCUT2D eigenvalue weighted by Crippen LogP contribution is 2.27. The minimum atomic E-state index is 0.353. The third-order valence-electron chi connectivity index (χ3n) is 4.68. The number of nitrogens with zero attached hydrogens (tertiary/aromatic N) is 3. The predicted molar refractivity (Wildman–Crippen MR) is 101 cm³/mol. The minimum Gasteiger partial charge on any atom is -0.356 e. The molecule has 0 bridgehead atoms. The first-order chi connectivity index (χ1) is 11.6. The van der Waals surface area contributed by atoms with E-state index in [0.29, 0.717) is 16.9 Å². The largest absolute Gasteiger partial charge is 0.356 e. The molecule has 1 fully saturated rings. The van der Waals surface area contributed by atoms with Crippen molar-refractivity contribution in [3.63, 3.8) is 0 Å². The summed E-state index contributed by atoms with van der Waals surface area (Å²) in [7, 11) is 0. The van der Waals surface area contributed by atoms with Gasteiger partial charge in [0.1, 0.15) is 5.82 Å². The molecule has 1 aromatic carbocycles. The van der Waals surface area contributed by atoms with E-state index >= 15 is 0 Å². The van der Waals surface area contributed by atoms with E-state index in [1.807, 2.05) is 24.3 Å². The Morgan fingerprint density at radius 2 is 1.96 bits per heavy atom. The molecule has 0 amide bonds. The summed E-state index contributed by atoms with van der Waals surface area (Å²) in [6.07, 6.45) is 2.26. The second-order valence-electron chi connectivity index (χ2n) is 6.81. The van der Waals surface area contributed by atoms with Gasteiger partial charge in [0.15, 0.2) is 5.82 Å². The molecule has 0 saturated carbocycles. The second-order valence-corrected chi connectivity index (χ2v) is 7.24. The molecule has 2 N–H and O–H groups in total. The molecule has 24 heavy (non-hydrogen) atoms. The van der Waals surface area contributed by atoms with Gasteiger partial charge in [0.2, 0.25) is 0 Å². The van der Waals surface area contributed by atoms with Gasteiger partial charge in [-0.2, -0.15) is 0 Å². The molecule has 128 valence electrons. The fraction of sp³-hybridized carbons (Fsp3) is 0.474. The Morgan fingerprint density at radius 1 is 1.21 bits per heavy atom. The van der Waals surface area contributed by atoms with E-state index in [1.165, 1.54) is 0 Å². The molecule has 0 atom stereocenters. The predicted octanol–water partition coefficient (Wildman–Crippen LogP) is 4.10. The molecule has 1 aliphatic heterocycles. The van der Waals surface area contributed by atoms with Crippen LogP contribution in [-0.2, 0) is 0 Å². The van der Waals surface area contributed by atoms with Crippen LogP contribution in [0, 0.1) is 5.92 Å². The van der Waals surface area contributed by atoms with Crippen molar-refractivity contribution in [1.82, 2.24) is 9.97 Å². The van der Waals surface area contributed by atoms with E-state index in [-0.39, 0.29) is 0 Å². The summed E-state index contributed by atoms with van der Waals surface area (Å²) < 4.78 is 0. The smallest absolute Gasteiger partial charge is 0.161 e. The zero-order valence-electron chi connectivity index (χ0n) is 14.4. The maximum absolute atomic E-state index is 6.14. The second kappa shape index (κ2) is 7.49. The summed E-state index contributed by atoms with van der Waals surface area (Å²) in [4.78, 5) is 11.9. The number of halogens is 1. The van der Waals surface area contributed by atoms with Crippen LogP contribution < -0.4 is 10.6 Å². The van der Waals surface area contributed by atoms with Crippen molar-refractivity contribution >= 4 is 17.4 Å². The average molecular weight is 345 g/mol. The number of benzene rings is 1. The lowest BCUT2D eigenvalue weighted by Gasteiger charge is -2.32. The highest BCUT2D eigenvalue weighted by molar-refractivity contribution is 6.30. The fourth-order valence-electron chi connectivity index (χ4n) is 3.06. The molecular formula is C19H25ClN4. The average Bonchev–Trinajstić information content (AvgIpc) is 2.61. The number of anilines is 1. The Morgan fingerprint density at radius 3 is 2.58 bits per heavy atom. The molecule has 5 heteroatoms. The highest BCUT2D eigenvalue weighted by Gasteiger charge is 2.21. The van der Waals surface area contributed by atoms with Crippen LogP contribution in [0.1, 0.15) is 38.3 Å². The Labute approximate surface area is 149 Å². The van der Waals surface area contributed by atoms with Gasteiger partial charge >= 0.3 is 0 Å². The van der Waals surface area contributed by atoms with Crippen LogP contribution in [0.5, 0.6) is 0 Å². The number of aromatic nitrogens is 2. The van der Waals surface area contributed by atoms with Crippen molar-refractivity contribution in [2.24, 2.45) is 11.7 Å². The van der Waals surface area contributed by atoms with Crippen LogP contribution in [0.2, 0.25) is 5.02 Å². The van der Waals surface area contributed by atoms with Crippen molar-refractivity contribution < 1.29 is 0 Å². The monoisotopic (exact) mass is 344 g/mol. The van der Waals surface area contributed by atoms with Gasteiger partial charge in [0.05, 0.1) is 0 Å². The normalized spacial score (nSPS) is 16.0. The minimum absolute atomic E-state index is 0.353. The number of rotatable bonds is 4. The Bertz CT molecular complexity index is 694. The first-order valence-corrected chi connectivity index (χ1v) is 9.04. The third kappa shape index (κ3) is 3.87. The number of nitrogens with two attached hydrogens (primary N) is 1. The van der Waals surface area contributed by atoms with Gasteiger partial charge in [-0.15, -0.1) is 0 Å². The van der Waals surface area contributed by atoms with Crippen LogP contribution in [0.3, 0.4) is 0 Å². The number of hydrogen-bond donors (Lipinski definition) is 1. The molecule has 0 spiro atoms. The lowest BCUT2D eigenvalue weighted by atomic mass is 9.97. The molecule has 3 rings (SSSR count). The standard InChI is InChI=1S/C19H25ClN4/c1-13(2)17-11-18(24-8-6-14(12-21)7-9-24)23-19(22-17)15-4-3-5-16(20)10-15/h3-5,10-11,13-14H,6-9,12,21H2,1-2H3. The van der Waals surface area contributed by atoms with Crippen LogP contribution in [0.4, 0.5) is 5.82 Å². The maximum atomic E-state index is 6.14. The fourth-order valence-corrected chi connectivity index (χ4v) is 3.26. The van der Waals surface area contributed by atoms with Gasteiger partial charge in [-0.1, -0.05) is 37.6 Å². The molecule has 4 nitrogen and oxygen atoms in total. The van der Waals surface area contributed by atoms with Crippen LogP contribution in [0.25, 0.3) is 11.4 Å². The van der Waals surface area contributed by atoms with Gasteiger partial charge in [0.25, 0.3) is 0 Å². The molecule has 0 aliphatic carbocycles. The topological polar surface area (TPSA) is 55.0 Å². The molecule has 2 aromatic rings. The first-order valence-electron chi connectivity index (χ1n) is 8.66. The van der Waals surface area contributed by atoms with E-state index in [2.05, 4.69) is 24.8 Å². The molecule has 1 saturated heterocycles. The van der Waals surface area contributed by atoms with Crippen molar-refractivity contribution in [1.29, 1.82) is 0 Å². The lowest BCUT2D eigenvalue weighted by Crippen LogP contribution is -2.36. The van der Waals surface area contributed by atoms with Gasteiger partial charge in [0, 0.05) is 35.4 Å². The van der Waals surface area contributed by atoms with Crippen LogP contribution in [-0.4, -0.2) is 29.6 Å². The van der Waals surface area contributed by atoms with Crippen molar-refractivity contribution in [3.8, 4) is 11.4 Å².